The van der Waals surface area contributed by atoms with Crippen molar-refractivity contribution < 1.29 is 4.48 Å². The van der Waals surface area contributed by atoms with E-state index in [1.54, 1.807) is 0 Å². The first kappa shape index (κ1) is 22.1. The summed E-state index contributed by atoms with van der Waals surface area (Å²) < 4.78 is 1.18. The Hall–Kier alpha value is -1.16. The highest BCUT2D eigenvalue weighted by molar-refractivity contribution is 5.30. The van der Waals surface area contributed by atoms with Gasteiger partial charge in [0.25, 0.3) is 0 Å². The third kappa shape index (κ3) is 7.40. The molecule has 0 radical (unpaired) electrons. The average Bonchev–Trinajstić information content (AvgIpc) is 2.66. The highest BCUT2D eigenvalue weighted by Crippen LogP contribution is 2.25. The van der Waals surface area contributed by atoms with Gasteiger partial charge in [0, 0.05) is 31.4 Å². The van der Waals surface area contributed by atoms with Gasteiger partial charge in [-0.15, -0.1) is 0 Å². The van der Waals surface area contributed by atoms with E-state index in [1.165, 1.54) is 81.7 Å². The molecule has 2 atom stereocenters. The van der Waals surface area contributed by atoms with Crippen LogP contribution in [-0.4, -0.2) is 53.7 Å². The SMILES string of the molecule is CCCCCCCCC(C)N(CCC1CCCC[N+]1(C)C)c1ncccn1. The Labute approximate surface area is 168 Å². The van der Waals surface area contributed by atoms with Crippen molar-refractivity contribution >= 4 is 5.95 Å². The van der Waals surface area contributed by atoms with Gasteiger partial charge in [0.1, 0.15) is 0 Å². The molecule has 4 nitrogen and oxygen atoms in total. The van der Waals surface area contributed by atoms with Crippen LogP contribution in [0.5, 0.6) is 0 Å². The second kappa shape index (κ2) is 11.6. The van der Waals surface area contributed by atoms with Gasteiger partial charge in [0.2, 0.25) is 5.95 Å². The second-order valence-corrected chi connectivity index (χ2v) is 9.09. The lowest BCUT2D eigenvalue weighted by atomic mass is 9.97. The van der Waals surface area contributed by atoms with Crippen LogP contribution in [0.25, 0.3) is 0 Å². The third-order valence-electron chi connectivity index (χ3n) is 6.53. The fraction of sp³-hybridized carbons (Fsp3) is 0.826. The molecule has 1 aliphatic rings. The first-order chi connectivity index (χ1) is 13.0. The molecule has 2 rings (SSSR count). The molecule has 2 heterocycles. The van der Waals surface area contributed by atoms with E-state index in [2.05, 4.69) is 42.8 Å². The molecule has 0 bridgehead atoms. The van der Waals surface area contributed by atoms with Crippen molar-refractivity contribution in [1.82, 2.24) is 9.97 Å². The smallest absolute Gasteiger partial charge is 0.225 e. The molecule has 1 saturated heterocycles. The van der Waals surface area contributed by atoms with Gasteiger partial charge in [-0.2, -0.15) is 0 Å². The number of quaternary nitrogens is 1. The van der Waals surface area contributed by atoms with Crippen molar-refractivity contribution in [2.24, 2.45) is 0 Å². The van der Waals surface area contributed by atoms with E-state index in [1.807, 2.05) is 18.5 Å². The van der Waals surface area contributed by atoms with Gasteiger partial charge in [-0.1, -0.05) is 45.4 Å². The quantitative estimate of drug-likeness (QED) is 0.360. The van der Waals surface area contributed by atoms with Crippen molar-refractivity contribution in [3.05, 3.63) is 18.5 Å². The highest BCUT2D eigenvalue weighted by Gasteiger charge is 2.32. The molecular weight excluding hydrogens is 332 g/mol. The second-order valence-electron chi connectivity index (χ2n) is 9.09. The number of aromatic nitrogens is 2. The number of piperidine rings is 1. The molecule has 0 amide bonds. The normalized spacial score (nSPS) is 20.4. The van der Waals surface area contributed by atoms with Gasteiger partial charge >= 0.3 is 0 Å². The number of hydrogen-bond donors (Lipinski definition) is 0. The van der Waals surface area contributed by atoms with Crippen LogP contribution < -0.4 is 4.90 Å². The van der Waals surface area contributed by atoms with Gasteiger partial charge in [0.05, 0.1) is 26.7 Å². The molecule has 0 saturated carbocycles. The van der Waals surface area contributed by atoms with Crippen LogP contribution in [0.3, 0.4) is 0 Å². The predicted octanol–water partition coefficient (Wildman–Crippen LogP) is 5.44. The number of nitrogens with zero attached hydrogens (tertiary/aromatic N) is 4. The summed E-state index contributed by atoms with van der Waals surface area (Å²) in [4.78, 5) is 11.6. The summed E-state index contributed by atoms with van der Waals surface area (Å²) in [5, 5.41) is 0. The Bertz CT molecular complexity index is 502. The van der Waals surface area contributed by atoms with Crippen molar-refractivity contribution in [1.29, 1.82) is 0 Å². The van der Waals surface area contributed by atoms with Crippen LogP contribution in [0.4, 0.5) is 5.95 Å². The van der Waals surface area contributed by atoms with E-state index in [4.69, 9.17) is 0 Å². The molecule has 1 aliphatic heterocycles. The molecule has 1 aromatic heterocycles. The number of likely N-dealkylation sites (tertiary alicyclic amines) is 1. The molecule has 1 aromatic rings. The molecule has 0 spiro atoms. The molecule has 2 unspecified atom stereocenters. The molecule has 27 heavy (non-hydrogen) atoms. The van der Waals surface area contributed by atoms with E-state index >= 15 is 0 Å². The standard InChI is InChI=1S/C23H43N4/c1-5-6-7-8-9-10-14-21(2)26(23-24-17-13-18-25-23)19-16-22-15-11-12-20-27(22,3)4/h13,17-18,21-22H,5-12,14-16,19-20H2,1-4H3/q+1. The molecular formula is C23H43N4+. The number of anilines is 1. The topological polar surface area (TPSA) is 29.0 Å². The lowest BCUT2D eigenvalue weighted by molar-refractivity contribution is -0.920. The third-order valence-corrected chi connectivity index (χ3v) is 6.53. The zero-order valence-corrected chi connectivity index (χ0v) is 18.4. The van der Waals surface area contributed by atoms with Gasteiger partial charge in [-0.3, -0.25) is 0 Å². The fourth-order valence-corrected chi connectivity index (χ4v) is 4.55. The summed E-state index contributed by atoms with van der Waals surface area (Å²) in [6.45, 7) is 7.04. The maximum atomic E-state index is 4.58. The van der Waals surface area contributed by atoms with Crippen LogP contribution in [-0.2, 0) is 0 Å². The average molecular weight is 376 g/mol. The summed E-state index contributed by atoms with van der Waals surface area (Å²) in [6.07, 6.45) is 18.6. The minimum atomic E-state index is 0.512. The monoisotopic (exact) mass is 375 g/mol. The van der Waals surface area contributed by atoms with Crippen molar-refractivity contribution in [3.8, 4) is 0 Å². The summed E-state index contributed by atoms with van der Waals surface area (Å²) in [6, 6.07) is 3.20. The Morgan fingerprint density at radius 1 is 1.07 bits per heavy atom. The molecule has 4 heteroatoms. The van der Waals surface area contributed by atoms with E-state index in [-0.39, 0.29) is 0 Å². The zero-order valence-electron chi connectivity index (χ0n) is 18.4. The predicted molar refractivity (Wildman–Crippen MR) is 116 cm³/mol. The Morgan fingerprint density at radius 3 is 2.48 bits per heavy atom. The van der Waals surface area contributed by atoms with E-state index in [9.17, 15) is 0 Å². The zero-order chi connectivity index (χ0) is 19.5. The lowest BCUT2D eigenvalue weighted by Crippen LogP contribution is -2.53. The van der Waals surface area contributed by atoms with E-state index < -0.39 is 0 Å². The van der Waals surface area contributed by atoms with Crippen LogP contribution in [0.1, 0.15) is 84.5 Å². The minimum absolute atomic E-state index is 0.512. The van der Waals surface area contributed by atoms with Gasteiger partial charge in [0.15, 0.2) is 0 Å². The van der Waals surface area contributed by atoms with Crippen LogP contribution in [0.15, 0.2) is 18.5 Å². The molecule has 1 fully saturated rings. The molecule has 0 aromatic carbocycles. The lowest BCUT2D eigenvalue weighted by Gasteiger charge is -2.43. The van der Waals surface area contributed by atoms with Gasteiger partial charge < -0.3 is 9.38 Å². The van der Waals surface area contributed by atoms with Gasteiger partial charge in [-0.05, 0) is 38.7 Å². The Balaban J connectivity index is 1.89. The van der Waals surface area contributed by atoms with Crippen molar-refractivity contribution in [2.75, 3.05) is 32.1 Å². The summed E-state index contributed by atoms with van der Waals surface area (Å²) in [7, 11) is 4.82. The van der Waals surface area contributed by atoms with Gasteiger partial charge in [-0.25, -0.2) is 9.97 Å². The van der Waals surface area contributed by atoms with Crippen LogP contribution in [0.2, 0.25) is 0 Å². The molecule has 0 aliphatic carbocycles. The number of unbranched alkanes of at least 4 members (excludes halogenated alkanes) is 5. The maximum Gasteiger partial charge on any atom is 0.225 e. The summed E-state index contributed by atoms with van der Waals surface area (Å²) in [5.74, 6) is 0.914. The Morgan fingerprint density at radius 2 is 1.78 bits per heavy atom. The first-order valence-corrected chi connectivity index (χ1v) is 11.4. The Kier molecular flexibility index (Phi) is 9.53. The largest absolute Gasteiger partial charge is 0.338 e. The summed E-state index contributed by atoms with van der Waals surface area (Å²) in [5.41, 5.74) is 0. The first-order valence-electron chi connectivity index (χ1n) is 11.4. The van der Waals surface area contributed by atoms with E-state index in [0.29, 0.717) is 6.04 Å². The minimum Gasteiger partial charge on any atom is -0.338 e. The molecule has 0 N–H and O–H groups in total. The van der Waals surface area contributed by atoms with Crippen LogP contribution in [0, 0.1) is 0 Å². The fourth-order valence-electron chi connectivity index (χ4n) is 4.55. The van der Waals surface area contributed by atoms with Crippen LogP contribution >= 0.6 is 0 Å². The van der Waals surface area contributed by atoms with Crippen molar-refractivity contribution in [2.45, 2.75) is 96.6 Å². The maximum absolute atomic E-state index is 4.58. The number of rotatable bonds is 12. The van der Waals surface area contributed by atoms with Crippen molar-refractivity contribution in [3.63, 3.8) is 0 Å². The van der Waals surface area contributed by atoms with E-state index in [0.717, 1.165) is 18.5 Å². The highest BCUT2D eigenvalue weighted by atomic mass is 15.3. The summed E-state index contributed by atoms with van der Waals surface area (Å²) >= 11 is 0. The molecule has 154 valence electrons. The number of hydrogen-bond acceptors (Lipinski definition) is 3.